The van der Waals surface area contributed by atoms with E-state index in [0.717, 1.165) is 36.9 Å². The lowest BCUT2D eigenvalue weighted by Crippen LogP contribution is -2.06. The molecule has 2 N–H and O–H groups in total. The molecule has 0 aliphatic rings. The lowest BCUT2D eigenvalue weighted by molar-refractivity contribution is 0.0691. The third kappa shape index (κ3) is 3.27. The minimum atomic E-state index is -1.02. The molecule has 4 heteroatoms. The summed E-state index contributed by atoms with van der Waals surface area (Å²) in [5.41, 5.74) is 1.53. The number of carbonyl (C=O) groups is 1. The van der Waals surface area contributed by atoms with Crippen LogP contribution in [0.15, 0.2) is 30.3 Å². The molecule has 0 spiro atoms. The Morgan fingerprint density at radius 3 is 2.90 bits per heavy atom. The van der Waals surface area contributed by atoms with Gasteiger partial charge in [0.1, 0.15) is 0 Å². The predicted molar refractivity (Wildman–Crippen MR) is 79.9 cm³/mol. The Balaban J connectivity index is 2.21. The van der Waals surface area contributed by atoms with Gasteiger partial charge >= 0.3 is 5.97 Å². The number of terminal acetylenes is 1. The highest BCUT2D eigenvalue weighted by atomic mass is 16.4. The van der Waals surface area contributed by atoms with E-state index in [4.69, 9.17) is 11.5 Å². The van der Waals surface area contributed by atoms with Crippen molar-refractivity contribution < 1.29 is 9.90 Å². The van der Waals surface area contributed by atoms with E-state index in [1.807, 2.05) is 24.3 Å². The number of unbranched alkanes of at least 4 members (excludes halogenated alkanes) is 2. The van der Waals surface area contributed by atoms with Crippen LogP contribution in [0.3, 0.4) is 0 Å². The van der Waals surface area contributed by atoms with E-state index in [2.05, 4.69) is 16.2 Å². The number of benzene rings is 1. The molecule has 102 valence electrons. The molecule has 0 atom stereocenters. The van der Waals surface area contributed by atoms with Gasteiger partial charge in [-0.1, -0.05) is 18.2 Å². The van der Waals surface area contributed by atoms with Crippen molar-refractivity contribution >= 4 is 22.6 Å². The normalized spacial score (nSPS) is 10.2. The van der Waals surface area contributed by atoms with Gasteiger partial charge < -0.3 is 10.4 Å². The van der Waals surface area contributed by atoms with Crippen molar-refractivity contribution in [3.63, 3.8) is 0 Å². The van der Waals surface area contributed by atoms with E-state index >= 15 is 0 Å². The summed E-state index contributed by atoms with van der Waals surface area (Å²) in [7, 11) is 0. The summed E-state index contributed by atoms with van der Waals surface area (Å²) in [5, 5.41) is 13.3. The van der Waals surface area contributed by atoms with Crippen LogP contribution in [0, 0.1) is 12.3 Å². The van der Waals surface area contributed by atoms with Gasteiger partial charge in [0.25, 0.3) is 0 Å². The zero-order chi connectivity index (χ0) is 14.4. The fourth-order valence-corrected chi connectivity index (χ4v) is 2.01. The Bertz CT molecular complexity index is 659. The summed E-state index contributed by atoms with van der Waals surface area (Å²) < 4.78 is 0. The third-order valence-electron chi connectivity index (χ3n) is 3.00. The van der Waals surface area contributed by atoms with Crippen molar-refractivity contribution in [1.29, 1.82) is 0 Å². The van der Waals surface area contributed by atoms with Crippen LogP contribution < -0.4 is 5.32 Å². The number of aromatic carboxylic acids is 1. The van der Waals surface area contributed by atoms with Crippen molar-refractivity contribution in [2.75, 3.05) is 11.9 Å². The van der Waals surface area contributed by atoms with E-state index in [0.29, 0.717) is 5.52 Å². The molecule has 2 rings (SSSR count). The summed E-state index contributed by atoms with van der Waals surface area (Å²) in [5.74, 6) is 1.58. The fraction of sp³-hybridized carbons (Fsp3) is 0.250. The zero-order valence-corrected chi connectivity index (χ0v) is 11.1. The molecule has 0 saturated carbocycles. The number of anilines is 1. The number of rotatable bonds is 6. The van der Waals surface area contributed by atoms with Crippen molar-refractivity contribution in [3.8, 4) is 12.3 Å². The molecular formula is C16H16N2O2. The van der Waals surface area contributed by atoms with Gasteiger partial charge in [-0.05, 0) is 25.0 Å². The first kappa shape index (κ1) is 13.9. The molecule has 2 aromatic rings. The molecule has 4 nitrogen and oxygen atoms in total. The molecule has 0 fully saturated rings. The van der Waals surface area contributed by atoms with Crippen molar-refractivity contribution in [2.24, 2.45) is 0 Å². The van der Waals surface area contributed by atoms with Crippen LogP contribution in [0.1, 0.15) is 29.8 Å². The Morgan fingerprint density at radius 2 is 2.15 bits per heavy atom. The maximum Gasteiger partial charge on any atom is 0.354 e. The number of hydrogen-bond acceptors (Lipinski definition) is 3. The first-order valence-electron chi connectivity index (χ1n) is 6.53. The second-order valence-corrected chi connectivity index (χ2v) is 4.47. The highest BCUT2D eigenvalue weighted by Gasteiger charge is 2.10. The quantitative estimate of drug-likeness (QED) is 0.624. The Hall–Kier alpha value is -2.54. The van der Waals surface area contributed by atoms with Gasteiger partial charge in [-0.25, -0.2) is 9.78 Å². The van der Waals surface area contributed by atoms with Crippen LogP contribution in [0.4, 0.5) is 5.69 Å². The third-order valence-corrected chi connectivity index (χ3v) is 3.00. The number of nitrogens with zero attached hydrogens (tertiary/aromatic N) is 1. The molecule has 0 amide bonds. The minimum Gasteiger partial charge on any atom is -0.477 e. The molecule has 0 aliphatic heterocycles. The molecule has 20 heavy (non-hydrogen) atoms. The van der Waals surface area contributed by atoms with Gasteiger partial charge in [-0.2, -0.15) is 0 Å². The number of nitrogens with one attached hydrogen (secondary N) is 1. The molecule has 0 unspecified atom stereocenters. The van der Waals surface area contributed by atoms with Crippen LogP contribution in [0.5, 0.6) is 0 Å². The standard InChI is InChI=1S/C16H16N2O2/c1-2-3-4-7-10-17-14-11-15(16(19)20)18-13-9-6-5-8-12(13)14/h1,5-6,8-9,11H,3-4,7,10H2,(H,17,18)(H,19,20). The van der Waals surface area contributed by atoms with Gasteiger partial charge in [-0.15, -0.1) is 12.3 Å². The summed E-state index contributed by atoms with van der Waals surface area (Å²) in [4.78, 5) is 15.2. The number of pyridine rings is 1. The molecule has 1 aromatic carbocycles. The van der Waals surface area contributed by atoms with E-state index < -0.39 is 5.97 Å². The molecule has 0 radical (unpaired) electrons. The maximum atomic E-state index is 11.1. The first-order valence-corrected chi connectivity index (χ1v) is 6.53. The number of hydrogen-bond donors (Lipinski definition) is 2. The lowest BCUT2D eigenvalue weighted by atomic mass is 10.1. The molecule has 0 aliphatic carbocycles. The van der Waals surface area contributed by atoms with Crippen LogP contribution in [0.2, 0.25) is 0 Å². The minimum absolute atomic E-state index is 0.0508. The molecular weight excluding hydrogens is 252 g/mol. The van der Waals surface area contributed by atoms with Gasteiger partial charge in [-0.3, -0.25) is 0 Å². The Labute approximate surface area is 117 Å². The fourth-order valence-electron chi connectivity index (χ4n) is 2.01. The number of carboxylic acid groups (broad SMARTS) is 1. The molecule has 0 bridgehead atoms. The number of carboxylic acids is 1. The van der Waals surface area contributed by atoms with Gasteiger partial charge in [0.05, 0.1) is 5.52 Å². The van der Waals surface area contributed by atoms with Crippen LogP contribution >= 0.6 is 0 Å². The SMILES string of the molecule is C#CCCCCNc1cc(C(=O)O)nc2ccccc12. The van der Waals surface area contributed by atoms with Gasteiger partial charge in [0.2, 0.25) is 0 Å². The summed E-state index contributed by atoms with van der Waals surface area (Å²) in [6.07, 6.45) is 7.87. The molecule has 1 aromatic heterocycles. The molecule has 0 saturated heterocycles. The topological polar surface area (TPSA) is 62.2 Å². The number of aromatic nitrogens is 1. The second-order valence-electron chi connectivity index (χ2n) is 4.47. The zero-order valence-electron chi connectivity index (χ0n) is 11.1. The largest absolute Gasteiger partial charge is 0.477 e. The smallest absolute Gasteiger partial charge is 0.354 e. The summed E-state index contributed by atoms with van der Waals surface area (Å²) >= 11 is 0. The highest BCUT2D eigenvalue weighted by Crippen LogP contribution is 2.23. The van der Waals surface area contributed by atoms with Crippen molar-refractivity contribution in [3.05, 3.63) is 36.0 Å². The monoisotopic (exact) mass is 268 g/mol. The van der Waals surface area contributed by atoms with Crippen molar-refractivity contribution in [1.82, 2.24) is 4.98 Å². The Kier molecular flexibility index (Phi) is 4.56. The van der Waals surface area contributed by atoms with Crippen molar-refractivity contribution in [2.45, 2.75) is 19.3 Å². The molecule has 1 heterocycles. The van der Waals surface area contributed by atoms with E-state index in [1.54, 1.807) is 6.07 Å². The first-order chi connectivity index (χ1) is 9.72. The average molecular weight is 268 g/mol. The highest BCUT2D eigenvalue weighted by molar-refractivity contribution is 5.97. The van der Waals surface area contributed by atoms with Crippen LogP contribution in [-0.2, 0) is 0 Å². The number of fused-ring (bicyclic) bond motifs is 1. The van der Waals surface area contributed by atoms with E-state index in [9.17, 15) is 4.79 Å². The van der Waals surface area contributed by atoms with Crippen LogP contribution in [0.25, 0.3) is 10.9 Å². The summed E-state index contributed by atoms with van der Waals surface area (Å²) in [6.45, 7) is 0.759. The maximum absolute atomic E-state index is 11.1. The second kappa shape index (κ2) is 6.58. The van der Waals surface area contributed by atoms with Gasteiger partial charge in [0, 0.05) is 24.0 Å². The van der Waals surface area contributed by atoms with Crippen LogP contribution in [-0.4, -0.2) is 22.6 Å². The van der Waals surface area contributed by atoms with Gasteiger partial charge in [0.15, 0.2) is 5.69 Å². The number of para-hydroxylation sites is 1. The van der Waals surface area contributed by atoms with E-state index in [1.165, 1.54) is 0 Å². The lowest BCUT2D eigenvalue weighted by Gasteiger charge is -2.10. The van der Waals surface area contributed by atoms with E-state index in [-0.39, 0.29) is 5.69 Å². The summed E-state index contributed by atoms with van der Waals surface area (Å²) in [6, 6.07) is 9.07. The Morgan fingerprint density at radius 1 is 1.35 bits per heavy atom. The predicted octanol–water partition coefficient (Wildman–Crippen LogP) is 3.15. The average Bonchev–Trinajstić information content (AvgIpc) is 2.46.